The number of likely N-dealkylation sites (N-methyl/N-ethyl adjacent to an activating group) is 1. The van der Waals surface area contributed by atoms with Crippen molar-refractivity contribution >= 4 is 29.1 Å². The number of hydrogen-bond donors (Lipinski definition) is 1. The van der Waals surface area contributed by atoms with Crippen LogP contribution in [0.4, 0.5) is 11.4 Å². The molecule has 3 amide bonds. The van der Waals surface area contributed by atoms with E-state index in [4.69, 9.17) is 0 Å². The van der Waals surface area contributed by atoms with Crippen LogP contribution in [-0.2, 0) is 9.59 Å². The first kappa shape index (κ1) is 15.4. The second kappa shape index (κ2) is 5.44. The van der Waals surface area contributed by atoms with E-state index in [0.717, 1.165) is 0 Å². The third-order valence-corrected chi connectivity index (χ3v) is 4.94. The van der Waals surface area contributed by atoms with Crippen LogP contribution in [0.25, 0.3) is 0 Å². The Morgan fingerprint density at radius 3 is 2.48 bits per heavy atom. The molecule has 1 unspecified atom stereocenters. The van der Waals surface area contributed by atoms with Crippen LogP contribution in [0.5, 0.6) is 0 Å². The summed E-state index contributed by atoms with van der Waals surface area (Å²) in [5.74, 6) is -0.797. The van der Waals surface area contributed by atoms with E-state index in [9.17, 15) is 14.4 Å². The highest BCUT2D eigenvalue weighted by molar-refractivity contribution is 6.18. The van der Waals surface area contributed by atoms with Gasteiger partial charge in [0.2, 0.25) is 11.6 Å². The Bertz CT molecular complexity index is 880. The number of nitrogens with one attached hydrogen (secondary N) is 1. The molecule has 1 N–H and O–H groups in total. The average Bonchev–Trinajstić information content (AvgIpc) is 2.99. The van der Waals surface area contributed by atoms with E-state index in [1.165, 1.54) is 9.80 Å². The molecule has 1 saturated heterocycles. The Labute approximate surface area is 145 Å². The van der Waals surface area contributed by atoms with Gasteiger partial charge in [-0.2, -0.15) is 0 Å². The zero-order valence-corrected chi connectivity index (χ0v) is 13.7. The van der Waals surface area contributed by atoms with Gasteiger partial charge in [-0.25, -0.2) is 0 Å². The lowest BCUT2D eigenvalue weighted by atomic mass is 9.96. The van der Waals surface area contributed by atoms with Crippen LogP contribution in [-0.4, -0.2) is 35.3 Å². The fourth-order valence-corrected chi connectivity index (χ4v) is 3.68. The monoisotopic (exact) mass is 335 g/mol. The molecule has 2 aromatic rings. The number of amides is 3. The summed E-state index contributed by atoms with van der Waals surface area (Å²) in [6, 6.07) is 15.9. The van der Waals surface area contributed by atoms with Gasteiger partial charge < -0.3 is 10.2 Å². The number of carbonyl (C=O) groups excluding carboxylic acids is 3. The summed E-state index contributed by atoms with van der Waals surface area (Å²) in [5, 5.41) is 2.85. The summed E-state index contributed by atoms with van der Waals surface area (Å²) in [4.78, 5) is 41.5. The minimum Gasteiger partial charge on any atom is -0.322 e. The molecule has 0 aliphatic carbocycles. The van der Waals surface area contributed by atoms with Crippen molar-refractivity contribution in [1.82, 2.24) is 4.90 Å². The maximum Gasteiger partial charge on any atom is 0.271 e. The molecular weight excluding hydrogens is 318 g/mol. The van der Waals surface area contributed by atoms with Crippen molar-refractivity contribution in [3.05, 3.63) is 60.2 Å². The van der Waals surface area contributed by atoms with E-state index < -0.39 is 5.66 Å². The quantitative estimate of drug-likeness (QED) is 0.915. The molecule has 126 valence electrons. The molecule has 2 heterocycles. The third-order valence-electron chi connectivity index (χ3n) is 4.94. The summed E-state index contributed by atoms with van der Waals surface area (Å²) in [6.07, 6.45) is 0.481. The number of para-hydroxylation sites is 2. The predicted molar refractivity (Wildman–Crippen MR) is 93.1 cm³/mol. The van der Waals surface area contributed by atoms with Gasteiger partial charge >= 0.3 is 0 Å². The second-order valence-corrected chi connectivity index (χ2v) is 6.25. The molecule has 0 radical (unpaired) electrons. The van der Waals surface area contributed by atoms with Crippen molar-refractivity contribution < 1.29 is 14.4 Å². The van der Waals surface area contributed by atoms with Crippen LogP contribution in [0.15, 0.2) is 54.6 Å². The van der Waals surface area contributed by atoms with E-state index in [0.29, 0.717) is 16.9 Å². The van der Waals surface area contributed by atoms with Crippen molar-refractivity contribution in [1.29, 1.82) is 0 Å². The van der Waals surface area contributed by atoms with Crippen molar-refractivity contribution in [2.45, 2.75) is 18.5 Å². The molecule has 0 aromatic heterocycles. The molecular formula is C19H17N3O3. The fourth-order valence-electron chi connectivity index (χ4n) is 3.68. The highest BCUT2D eigenvalue weighted by atomic mass is 16.2. The third kappa shape index (κ3) is 2.07. The SMILES string of the molecule is CN1C(=O)c2ccccc2N2C(=O)CCC12C(=O)Nc1ccccc1. The number of fused-ring (bicyclic) bond motifs is 3. The molecule has 0 saturated carbocycles. The first-order valence-corrected chi connectivity index (χ1v) is 8.12. The summed E-state index contributed by atoms with van der Waals surface area (Å²) in [7, 11) is 1.58. The smallest absolute Gasteiger partial charge is 0.271 e. The van der Waals surface area contributed by atoms with Crippen LogP contribution in [0, 0.1) is 0 Å². The first-order valence-electron chi connectivity index (χ1n) is 8.12. The van der Waals surface area contributed by atoms with Gasteiger partial charge in [0, 0.05) is 25.6 Å². The first-order chi connectivity index (χ1) is 12.1. The normalized spacial score (nSPS) is 21.8. The van der Waals surface area contributed by atoms with Crippen LogP contribution < -0.4 is 10.2 Å². The van der Waals surface area contributed by atoms with Gasteiger partial charge in [-0.15, -0.1) is 0 Å². The molecule has 25 heavy (non-hydrogen) atoms. The molecule has 0 bridgehead atoms. The van der Waals surface area contributed by atoms with Gasteiger partial charge in [0.25, 0.3) is 11.8 Å². The van der Waals surface area contributed by atoms with Gasteiger partial charge in [0.15, 0.2) is 0 Å². The number of anilines is 2. The van der Waals surface area contributed by atoms with Gasteiger partial charge in [0.1, 0.15) is 0 Å². The van der Waals surface area contributed by atoms with E-state index in [1.807, 2.05) is 18.2 Å². The number of hydrogen-bond acceptors (Lipinski definition) is 3. The Morgan fingerprint density at radius 1 is 1.04 bits per heavy atom. The zero-order valence-electron chi connectivity index (χ0n) is 13.7. The minimum absolute atomic E-state index is 0.157. The topological polar surface area (TPSA) is 69.7 Å². The lowest BCUT2D eigenvalue weighted by Gasteiger charge is -2.47. The lowest BCUT2D eigenvalue weighted by molar-refractivity contribution is -0.128. The second-order valence-electron chi connectivity index (χ2n) is 6.25. The Morgan fingerprint density at radius 2 is 1.72 bits per heavy atom. The molecule has 1 atom stereocenters. The van der Waals surface area contributed by atoms with E-state index in [2.05, 4.69) is 5.32 Å². The van der Waals surface area contributed by atoms with Gasteiger partial charge in [-0.1, -0.05) is 30.3 Å². The fraction of sp³-hybridized carbons (Fsp3) is 0.211. The number of benzene rings is 2. The van der Waals surface area contributed by atoms with Crippen molar-refractivity contribution in [2.24, 2.45) is 0 Å². The molecule has 4 rings (SSSR count). The molecule has 1 fully saturated rings. The highest BCUT2D eigenvalue weighted by Gasteiger charge is 2.59. The summed E-state index contributed by atoms with van der Waals surface area (Å²) < 4.78 is 0. The maximum absolute atomic E-state index is 13.2. The molecule has 2 aliphatic heterocycles. The number of rotatable bonds is 2. The van der Waals surface area contributed by atoms with Gasteiger partial charge in [0.05, 0.1) is 11.3 Å². The van der Waals surface area contributed by atoms with Crippen LogP contribution >= 0.6 is 0 Å². The highest BCUT2D eigenvalue weighted by Crippen LogP contribution is 2.44. The Balaban J connectivity index is 1.83. The molecule has 2 aromatic carbocycles. The van der Waals surface area contributed by atoms with E-state index in [-0.39, 0.29) is 30.6 Å². The van der Waals surface area contributed by atoms with Crippen molar-refractivity contribution in [3.8, 4) is 0 Å². The van der Waals surface area contributed by atoms with Crippen LogP contribution in [0.2, 0.25) is 0 Å². The van der Waals surface area contributed by atoms with Crippen LogP contribution in [0.3, 0.4) is 0 Å². The summed E-state index contributed by atoms with van der Waals surface area (Å²) in [6.45, 7) is 0. The molecule has 2 aliphatic rings. The van der Waals surface area contributed by atoms with Crippen molar-refractivity contribution in [2.75, 3.05) is 17.3 Å². The predicted octanol–water partition coefficient (Wildman–Crippen LogP) is 2.23. The summed E-state index contributed by atoms with van der Waals surface area (Å²) in [5.41, 5.74) is 0.221. The number of carbonyl (C=O) groups is 3. The summed E-state index contributed by atoms with van der Waals surface area (Å²) >= 11 is 0. The molecule has 6 nitrogen and oxygen atoms in total. The Hall–Kier alpha value is -3.15. The largest absolute Gasteiger partial charge is 0.322 e. The number of nitrogens with zero attached hydrogens (tertiary/aromatic N) is 2. The van der Waals surface area contributed by atoms with E-state index in [1.54, 1.807) is 43.4 Å². The van der Waals surface area contributed by atoms with Crippen molar-refractivity contribution in [3.63, 3.8) is 0 Å². The lowest BCUT2D eigenvalue weighted by Crippen LogP contribution is -2.68. The minimum atomic E-state index is -1.33. The average molecular weight is 335 g/mol. The maximum atomic E-state index is 13.2. The molecule has 0 spiro atoms. The van der Waals surface area contributed by atoms with Crippen LogP contribution in [0.1, 0.15) is 23.2 Å². The van der Waals surface area contributed by atoms with E-state index >= 15 is 0 Å². The standard InChI is InChI=1S/C19H17N3O3/c1-21-17(24)14-9-5-6-10-15(14)22-16(23)11-12-19(21,22)18(25)20-13-7-3-2-4-8-13/h2-10H,11-12H2,1H3,(H,20,25). The Kier molecular flexibility index (Phi) is 3.35. The van der Waals surface area contributed by atoms with Gasteiger partial charge in [-0.05, 0) is 24.3 Å². The molecule has 6 heteroatoms. The zero-order chi connectivity index (χ0) is 17.6. The van der Waals surface area contributed by atoms with Gasteiger partial charge in [-0.3, -0.25) is 19.3 Å².